The Kier molecular flexibility index (Phi) is 3.61. The monoisotopic (exact) mass is 198 g/mol. The number of rotatable bonds is 3. The summed E-state index contributed by atoms with van der Waals surface area (Å²) in [6.07, 6.45) is 2.02. The highest BCUT2D eigenvalue weighted by Crippen LogP contribution is 2.17. The fraction of sp³-hybridized carbons (Fsp3) is 0.455. The molecule has 0 aliphatic rings. The summed E-state index contributed by atoms with van der Waals surface area (Å²) in [6, 6.07) is 3.92. The van der Waals surface area contributed by atoms with Crippen LogP contribution in [0.1, 0.15) is 25.4 Å². The van der Waals surface area contributed by atoms with Crippen molar-refractivity contribution < 1.29 is 4.42 Å². The van der Waals surface area contributed by atoms with Crippen LogP contribution in [0.2, 0.25) is 0 Å². The van der Waals surface area contributed by atoms with Gasteiger partial charge < -0.3 is 4.42 Å². The van der Waals surface area contributed by atoms with E-state index in [1.54, 1.807) is 0 Å². The van der Waals surface area contributed by atoms with Gasteiger partial charge in [0.05, 0.1) is 0 Å². The van der Waals surface area contributed by atoms with E-state index in [0.717, 1.165) is 11.5 Å². The lowest BCUT2D eigenvalue weighted by Gasteiger charge is -2.05. The fourth-order valence-corrected chi connectivity index (χ4v) is 1.46. The molecule has 72 valence electrons. The van der Waals surface area contributed by atoms with E-state index in [4.69, 9.17) is 16.0 Å². The second-order valence-corrected chi connectivity index (χ2v) is 3.72. The van der Waals surface area contributed by atoms with E-state index in [2.05, 4.69) is 13.8 Å². The van der Waals surface area contributed by atoms with E-state index in [9.17, 15) is 0 Å². The number of hydrogen-bond donors (Lipinski definition) is 0. The number of aryl methyl sites for hydroxylation is 1. The molecule has 1 heterocycles. The van der Waals surface area contributed by atoms with Crippen molar-refractivity contribution in [1.82, 2.24) is 0 Å². The van der Waals surface area contributed by atoms with Crippen LogP contribution in [0, 0.1) is 12.8 Å². The molecule has 13 heavy (non-hydrogen) atoms. The first-order valence-corrected chi connectivity index (χ1v) is 4.99. The Morgan fingerprint density at radius 1 is 1.54 bits per heavy atom. The third kappa shape index (κ3) is 2.92. The maximum Gasteiger partial charge on any atom is 0.127 e. The van der Waals surface area contributed by atoms with E-state index in [1.807, 2.05) is 25.1 Å². The lowest BCUT2D eigenvalue weighted by atomic mass is 10.0. The first kappa shape index (κ1) is 10.4. The number of hydrogen-bond acceptors (Lipinski definition) is 1. The van der Waals surface area contributed by atoms with E-state index in [1.165, 1.54) is 5.57 Å². The molecule has 0 fully saturated rings. The molecular weight excluding hydrogens is 184 g/mol. The van der Waals surface area contributed by atoms with Gasteiger partial charge in [-0.15, -0.1) is 11.6 Å². The molecule has 0 N–H and O–H groups in total. The summed E-state index contributed by atoms with van der Waals surface area (Å²) >= 11 is 5.81. The summed E-state index contributed by atoms with van der Waals surface area (Å²) in [5.41, 5.74) is 1.20. The normalized spacial score (nSPS) is 12.5. The van der Waals surface area contributed by atoms with Crippen LogP contribution >= 0.6 is 11.6 Å². The van der Waals surface area contributed by atoms with Crippen LogP contribution in [-0.2, 0) is 0 Å². The van der Waals surface area contributed by atoms with Gasteiger partial charge in [-0.2, -0.15) is 0 Å². The largest absolute Gasteiger partial charge is 0.462 e. The van der Waals surface area contributed by atoms with E-state index >= 15 is 0 Å². The fourth-order valence-electron chi connectivity index (χ4n) is 1.07. The van der Waals surface area contributed by atoms with Crippen LogP contribution in [0.4, 0.5) is 0 Å². The molecule has 0 saturated heterocycles. The van der Waals surface area contributed by atoms with Crippen molar-refractivity contribution in [1.29, 1.82) is 0 Å². The molecule has 0 unspecified atom stereocenters. The van der Waals surface area contributed by atoms with Gasteiger partial charge in [-0.25, -0.2) is 0 Å². The molecule has 0 aliphatic heterocycles. The number of alkyl halides is 1. The van der Waals surface area contributed by atoms with Crippen molar-refractivity contribution in [3.8, 4) is 0 Å². The van der Waals surface area contributed by atoms with Gasteiger partial charge in [0.2, 0.25) is 0 Å². The first-order chi connectivity index (χ1) is 6.13. The third-order valence-corrected chi connectivity index (χ3v) is 2.29. The SMILES string of the molecule is Cc1ccc(C=C(CCl)C(C)C)o1. The minimum absolute atomic E-state index is 0.475. The number of allylic oxidation sites excluding steroid dienone is 1. The zero-order chi connectivity index (χ0) is 9.84. The van der Waals surface area contributed by atoms with Crippen LogP contribution in [0.5, 0.6) is 0 Å². The van der Waals surface area contributed by atoms with E-state index in [-0.39, 0.29) is 0 Å². The minimum atomic E-state index is 0.475. The lowest BCUT2D eigenvalue weighted by Crippen LogP contribution is -1.94. The number of furan rings is 1. The Bertz CT molecular complexity index is 297. The van der Waals surface area contributed by atoms with Crippen LogP contribution < -0.4 is 0 Å². The molecule has 0 atom stereocenters. The van der Waals surface area contributed by atoms with Gasteiger partial charge in [0.15, 0.2) is 0 Å². The summed E-state index contributed by atoms with van der Waals surface area (Å²) in [4.78, 5) is 0. The molecular formula is C11H15ClO. The Hall–Kier alpha value is -0.690. The smallest absolute Gasteiger partial charge is 0.127 e. The Morgan fingerprint density at radius 2 is 2.23 bits per heavy atom. The first-order valence-electron chi connectivity index (χ1n) is 4.46. The van der Waals surface area contributed by atoms with Gasteiger partial charge in [-0.05, 0) is 36.6 Å². The van der Waals surface area contributed by atoms with Crippen LogP contribution in [-0.4, -0.2) is 5.88 Å². The average Bonchev–Trinajstić information content (AvgIpc) is 2.46. The van der Waals surface area contributed by atoms with Crippen molar-refractivity contribution in [3.63, 3.8) is 0 Å². The quantitative estimate of drug-likeness (QED) is 0.673. The predicted octanol–water partition coefficient (Wildman–Crippen LogP) is 3.87. The second-order valence-electron chi connectivity index (χ2n) is 3.46. The molecule has 1 nitrogen and oxygen atoms in total. The molecule has 0 aromatic carbocycles. The molecule has 0 saturated carbocycles. The van der Waals surface area contributed by atoms with E-state index < -0.39 is 0 Å². The van der Waals surface area contributed by atoms with Crippen molar-refractivity contribution >= 4 is 17.7 Å². The van der Waals surface area contributed by atoms with Crippen LogP contribution in [0.3, 0.4) is 0 Å². The van der Waals surface area contributed by atoms with Gasteiger partial charge in [0, 0.05) is 5.88 Å². The summed E-state index contributed by atoms with van der Waals surface area (Å²) < 4.78 is 5.43. The molecule has 0 radical (unpaired) electrons. The molecule has 1 aromatic rings. The maximum absolute atomic E-state index is 5.81. The highest BCUT2D eigenvalue weighted by molar-refractivity contribution is 6.19. The lowest BCUT2D eigenvalue weighted by molar-refractivity contribution is 0.524. The van der Waals surface area contributed by atoms with Gasteiger partial charge >= 0.3 is 0 Å². The van der Waals surface area contributed by atoms with Crippen molar-refractivity contribution in [2.75, 3.05) is 5.88 Å². The molecule has 0 bridgehead atoms. The van der Waals surface area contributed by atoms with Gasteiger partial charge in [0.25, 0.3) is 0 Å². The Balaban J connectivity index is 2.84. The summed E-state index contributed by atoms with van der Waals surface area (Å²) in [5, 5.41) is 0. The van der Waals surface area contributed by atoms with E-state index in [0.29, 0.717) is 11.8 Å². The second kappa shape index (κ2) is 4.52. The molecule has 0 spiro atoms. The average molecular weight is 199 g/mol. The van der Waals surface area contributed by atoms with Gasteiger partial charge in [-0.1, -0.05) is 13.8 Å². The highest BCUT2D eigenvalue weighted by atomic mass is 35.5. The minimum Gasteiger partial charge on any atom is -0.462 e. The molecule has 2 heteroatoms. The zero-order valence-electron chi connectivity index (χ0n) is 8.30. The summed E-state index contributed by atoms with van der Waals surface area (Å²) in [7, 11) is 0. The van der Waals surface area contributed by atoms with Gasteiger partial charge in [0.1, 0.15) is 11.5 Å². The maximum atomic E-state index is 5.81. The molecule has 1 aromatic heterocycles. The predicted molar refractivity (Wildman–Crippen MR) is 57.0 cm³/mol. The van der Waals surface area contributed by atoms with Crippen molar-refractivity contribution in [2.24, 2.45) is 5.92 Å². The van der Waals surface area contributed by atoms with Crippen molar-refractivity contribution in [3.05, 3.63) is 29.2 Å². The van der Waals surface area contributed by atoms with Crippen LogP contribution in [0.25, 0.3) is 6.08 Å². The third-order valence-electron chi connectivity index (χ3n) is 1.98. The Labute approximate surface area is 84.4 Å². The topological polar surface area (TPSA) is 13.1 Å². The van der Waals surface area contributed by atoms with Crippen molar-refractivity contribution in [2.45, 2.75) is 20.8 Å². The van der Waals surface area contributed by atoms with Gasteiger partial charge in [-0.3, -0.25) is 0 Å². The molecule has 0 amide bonds. The zero-order valence-corrected chi connectivity index (χ0v) is 9.06. The summed E-state index contributed by atoms with van der Waals surface area (Å²) in [6.45, 7) is 6.20. The highest BCUT2D eigenvalue weighted by Gasteiger charge is 2.03. The Morgan fingerprint density at radius 3 is 2.62 bits per heavy atom. The summed E-state index contributed by atoms with van der Waals surface area (Å²) in [5.74, 6) is 2.87. The number of halogens is 1. The van der Waals surface area contributed by atoms with Crippen LogP contribution in [0.15, 0.2) is 22.1 Å². The molecule has 0 aliphatic carbocycles. The standard InChI is InChI=1S/C11H15ClO/c1-8(2)10(7-12)6-11-5-4-9(3)13-11/h4-6,8H,7H2,1-3H3. The molecule has 1 rings (SSSR count).